The maximum absolute atomic E-state index is 12.6. The van der Waals surface area contributed by atoms with Crippen LogP contribution in [0.2, 0.25) is 0 Å². The lowest BCUT2D eigenvalue weighted by atomic mass is 10.1. The molecule has 0 aliphatic carbocycles. The number of rotatable bonds is 5. The Balaban J connectivity index is 1.82. The van der Waals surface area contributed by atoms with E-state index in [0.29, 0.717) is 33.9 Å². The van der Waals surface area contributed by atoms with Crippen molar-refractivity contribution in [1.29, 1.82) is 5.26 Å². The van der Waals surface area contributed by atoms with Gasteiger partial charge in [-0.3, -0.25) is 9.78 Å². The highest BCUT2D eigenvalue weighted by atomic mass is 16.5. The molecule has 0 bridgehead atoms. The molecular weight excluding hydrogens is 340 g/mol. The van der Waals surface area contributed by atoms with Gasteiger partial charge in [0.05, 0.1) is 41.5 Å². The van der Waals surface area contributed by atoms with Gasteiger partial charge in [0.15, 0.2) is 0 Å². The highest BCUT2D eigenvalue weighted by Crippen LogP contribution is 2.26. The summed E-state index contributed by atoms with van der Waals surface area (Å²) in [6.07, 6.45) is 3.08. The van der Waals surface area contributed by atoms with E-state index in [0.717, 1.165) is 5.56 Å². The average molecular weight is 358 g/mol. The van der Waals surface area contributed by atoms with Crippen LogP contribution in [0.4, 0.5) is 17.1 Å². The molecule has 3 rings (SSSR count). The number of amides is 1. The quantitative estimate of drug-likeness (QED) is 0.711. The number of anilines is 3. The molecule has 2 aromatic carbocycles. The second-order valence-electron chi connectivity index (χ2n) is 5.90. The van der Waals surface area contributed by atoms with Gasteiger partial charge in [0.1, 0.15) is 11.8 Å². The zero-order valence-corrected chi connectivity index (χ0v) is 15.0. The number of benzene rings is 2. The number of aryl methyl sites for hydroxylation is 1. The van der Waals surface area contributed by atoms with Gasteiger partial charge in [-0.25, -0.2) is 0 Å². The van der Waals surface area contributed by atoms with E-state index in [4.69, 9.17) is 4.74 Å². The van der Waals surface area contributed by atoms with Crippen molar-refractivity contribution in [3.63, 3.8) is 0 Å². The minimum Gasteiger partial charge on any atom is -0.495 e. The van der Waals surface area contributed by atoms with Crippen LogP contribution in [0.3, 0.4) is 0 Å². The normalized spacial score (nSPS) is 9.96. The van der Waals surface area contributed by atoms with Crippen LogP contribution in [0.1, 0.15) is 21.5 Å². The largest absolute Gasteiger partial charge is 0.495 e. The van der Waals surface area contributed by atoms with E-state index in [-0.39, 0.29) is 5.91 Å². The van der Waals surface area contributed by atoms with Crippen molar-refractivity contribution in [2.24, 2.45) is 0 Å². The molecule has 134 valence electrons. The maximum atomic E-state index is 12.6. The summed E-state index contributed by atoms with van der Waals surface area (Å²) in [5.41, 5.74) is 3.76. The number of hydrogen-bond donors (Lipinski definition) is 2. The van der Waals surface area contributed by atoms with Crippen LogP contribution < -0.4 is 15.4 Å². The van der Waals surface area contributed by atoms with Gasteiger partial charge in [-0.05, 0) is 42.8 Å². The molecule has 1 heterocycles. The number of ether oxygens (including phenoxy) is 1. The number of methoxy groups -OCH3 is 1. The van der Waals surface area contributed by atoms with Crippen LogP contribution in [-0.4, -0.2) is 18.0 Å². The molecule has 0 fully saturated rings. The third kappa shape index (κ3) is 4.22. The van der Waals surface area contributed by atoms with E-state index in [1.165, 1.54) is 6.20 Å². The summed E-state index contributed by atoms with van der Waals surface area (Å²) in [4.78, 5) is 16.8. The number of carbonyl (C=O) groups is 1. The minimum atomic E-state index is -0.302. The predicted octanol–water partition coefficient (Wildman–Crippen LogP) is 4.27. The van der Waals surface area contributed by atoms with Crippen molar-refractivity contribution in [1.82, 2.24) is 4.98 Å². The fraction of sp³-hybridized carbons (Fsp3) is 0.0952. The molecule has 3 aromatic rings. The number of carbonyl (C=O) groups excluding carboxylic acids is 1. The van der Waals surface area contributed by atoms with Crippen molar-refractivity contribution in [3.05, 3.63) is 77.6 Å². The van der Waals surface area contributed by atoms with Crippen LogP contribution >= 0.6 is 0 Å². The lowest BCUT2D eigenvalue weighted by Crippen LogP contribution is -2.13. The Morgan fingerprint density at radius 1 is 1.11 bits per heavy atom. The van der Waals surface area contributed by atoms with Crippen LogP contribution in [0, 0.1) is 18.3 Å². The van der Waals surface area contributed by atoms with E-state index >= 15 is 0 Å². The molecule has 6 heteroatoms. The fourth-order valence-electron chi connectivity index (χ4n) is 2.59. The molecule has 1 aromatic heterocycles. The first kappa shape index (κ1) is 18.0. The molecule has 0 unspecified atom stereocenters. The Hall–Kier alpha value is -3.85. The molecule has 0 aliphatic heterocycles. The van der Waals surface area contributed by atoms with Crippen molar-refractivity contribution < 1.29 is 9.53 Å². The van der Waals surface area contributed by atoms with Gasteiger partial charge in [0.25, 0.3) is 5.91 Å². The molecule has 2 N–H and O–H groups in total. The van der Waals surface area contributed by atoms with Gasteiger partial charge in [-0.2, -0.15) is 5.26 Å². The van der Waals surface area contributed by atoms with Crippen LogP contribution in [-0.2, 0) is 0 Å². The fourth-order valence-corrected chi connectivity index (χ4v) is 2.59. The highest BCUT2D eigenvalue weighted by Gasteiger charge is 2.12. The lowest BCUT2D eigenvalue weighted by Gasteiger charge is -2.12. The Bertz CT molecular complexity index is 1020. The number of hydrogen-bond acceptors (Lipinski definition) is 5. The zero-order valence-electron chi connectivity index (χ0n) is 15.0. The van der Waals surface area contributed by atoms with Gasteiger partial charge in [-0.15, -0.1) is 0 Å². The number of pyridine rings is 1. The summed E-state index contributed by atoms with van der Waals surface area (Å²) in [6, 6.07) is 16.5. The van der Waals surface area contributed by atoms with Gasteiger partial charge < -0.3 is 15.4 Å². The maximum Gasteiger partial charge on any atom is 0.257 e. The summed E-state index contributed by atoms with van der Waals surface area (Å²) >= 11 is 0. The minimum absolute atomic E-state index is 0.302. The third-order valence-corrected chi connectivity index (χ3v) is 3.93. The van der Waals surface area contributed by atoms with Crippen molar-refractivity contribution in [2.75, 3.05) is 17.7 Å². The molecule has 0 saturated carbocycles. The van der Waals surface area contributed by atoms with Gasteiger partial charge in [0.2, 0.25) is 0 Å². The second kappa shape index (κ2) is 8.02. The molecule has 0 aliphatic rings. The smallest absolute Gasteiger partial charge is 0.257 e. The monoisotopic (exact) mass is 358 g/mol. The third-order valence-electron chi connectivity index (χ3n) is 3.93. The topological polar surface area (TPSA) is 87.0 Å². The number of nitriles is 1. The lowest BCUT2D eigenvalue weighted by molar-refractivity contribution is 0.102. The van der Waals surface area contributed by atoms with Crippen molar-refractivity contribution >= 4 is 23.0 Å². The first-order valence-electron chi connectivity index (χ1n) is 8.28. The van der Waals surface area contributed by atoms with Crippen molar-refractivity contribution in [2.45, 2.75) is 6.92 Å². The molecule has 6 nitrogen and oxygen atoms in total. The second-order valence-corrected chi connectivity index (χ2v) is 5.90. The number of aromatic nitrogens is 1. The number of nitrogens with one attached hydrogen (secondary N) is 2. The Labute approximate surface area is 157 Å². The molecule has 0 saturated heterocycles. The van der Waals surface area contributed by atoms with Crippen LogP contribution in [0.5, 0.6) is 5.75 Å². The summed E-state index contributed by atoms with van der Waals surface area (Å²) < 4.78 is 5.29. The molecule has 1 amide bonds. The van der Waals surface area contributed by atoms with E-state index in [9.17, 15) is 10.1 Å². The summed E-state index contributed by atoms with van der Waals surface area (Å²) in [5.74, 6) is 0.280. The van der Waals surface area contributed by atoms with Crippen LogP contribution in [0.25, 0.3) is 0 Å². The Morgan fingerprint density at radius 3 is 2.70 bits per heavy atom. The molecular formula is C21H18N4O2. The SMILES string of the molecule is COc1ccc(C)cc1NC(=O)c1cncc(Nc2ccccc2C#N)c1. The Morgan fingerprint density at radius 2 is 1.93 bits per heavy atom. The number of para-hydroxylation sites is 1. The van der Waals surface area contributed by atoms with E-state index in [1.54, 1.807) is 43.6 Å². The standard InChI is InChI=1S/C21H18N4O2/c1-14-7-8-20(27-2)19(9-14)25-21(26)16-10-17(13-23-12-16)24-18-6-4-3-5-15(18)11-22/h3-10,12-13,24H,1-2H3,(H,25,26). The van der Waals surface area contributed by atoms with E-state index in [2.05, 4.69) is 21.7 Å². The molecule has 0 atom stereocenters. The van der Waals surface area contributed by atoms with E-state index in [1.807, 2.05) is 25.1 Å². The zero-order chi connectivity index (χ0) is 19.2. The molecule has 0 radical (unpaired) electrons. The summed E-state index contributed by atoms with van der Waals surface area (Å²) in [6.45, 7) is 1.94. The predicted molar refractivity (Wildman–Crippen MR) is 104 cm³/mol. The van der Waals surface area contributed by atoms with Crippen molar-refractivity contribution in [3.8, 4) is 11.8 Å². The van der Waals surface area contributed by atoms with Gasteiger partial charge in [-0.1, -0.05) is 18.2 Å². The summed E-state index contributed by atoms with van der Waals surface area (Å²) in [7, 11) is 1.55. The molecule has 0 spiro atoms. The average Bonchev–Trinajstić information content (AvgIpc) is 2.69. The summed E-state index contributed by atoms with van der Waals surface area (Å²) in [5, 5.41) is 15.2. The van der Waals surface area contributed by atoms with Gasteiger partial charge in [0, 0.05) is 6.20 Å². The molecule has 27 heavy (non-hydrogen) atoms. The highest BCUT2D eigenvalue weighted by molar-refractivity contribution is 6.05. The first-order chi connectivity index (χ1) is 13.1. The number of nitrogens with zero attached hydrogens (tertiary/aromatic N) is 2. The van der Waals surface area contributed by atoms with Gasteiger partial charge >= 0.3 is 0 Å². The van der Waals surface area contributed by atoms with E-state index < -0.39 is 0 Å². The first-order valence-corrected chi connectivity index (χ1v) is 8.28. The van der Waals surface area contributed by atoms with Crippen LogP contribution in [0.15, 0.2) is 60.9 Å². The Kier molecular flexibility index (Phi) is 5.33.